The van der Waals surface area contributed by atoms with Gasteiger partial charge in [-0.1, -0.05) is 64.8 Å². The van der Waals surface area contributed by atoms with Gasteiger partial charge in [-0.05, 0) is 30.7 Å². The van der Waals surface area contributed by atoms with Crippen molar-refractivity contribution in [3.8, 4) is 0 Å². The lowest BCUT2D eigenvalue weighted by atomic mass is 10.1. The van der Waals surface area contributed by atoms with Gasteiger partial charge in [0.15, 0.2) is 15.0 Å². The quantitative estimate of drug-likeness (QED) is 0.700. The molecule has 2 aromatic carbocycles. The monoisotopic (exact) mass is 440 g/mol. The SMILES string of the molecule is Cc1cccc(CSC2=N[C@@H]3CS(=O)(=O)C[C@@H]3N2c2cc(Cl)cc(Cl)c2)c1. The molecular formula is C19H18Cl2N2O2S2. The van der Waals surface area contributed by atoms with Gasteiger partial charge in [0.25, 0.3) is 0 Å². The molecule has 0 saturated carbocycles. The largest absolute Gasteiger partial charge is 0.315 e. The van der Waals surface area contributed by atoms with E-state index in [1.165, 1.54) is 11.1 Å². The maximum atomic E-state index is 12.1. The zero-order valence-corrected chi connectivity index (χ0v) is 17.7. The molecule has 4 rings (SSSR count). The van der Waals surface area contributed by atoms with Gasteiger partial charge in [0.2, 0.25) is 0 Å². The van der Waals surface area contributed by atoms with Gasteiger partial charge >= 0.3 is 0 Å². The van der Waals surface area contributed by atoms with Gasteiger partial charge in [0.1, 0.15) is 0 Å². The highest BCUT2D eigenvalue weighted by molar-refractivity contribution is 8.13. The Balaban J connectivity index is 1.65. The number of nitrogens with zero attached hydrogens (tertiary/aromatic N) is 2. The summed E-state index contributed by atoms with van der Waals surface area (Å²) in [5.41, 5.74) is 3.20. The number of halogens is 2. The minimum Gasteiger partial charge on any atom is -0.315 e. The van der Waals surface area contributed by atoms with Crippen LogP contribution in [0.3, 0.4) is 0 Å². The summed E-state index contributed by atoms with van der Waals surface area (Å²) < 4.78 is 24.2. The lowest BCUT2D eigenvalue weighted by Crippen LogP contribution is -2.39. The number of hydrogen-bond donors (Lipinski definition) is 0. The van der Waals surface area contributed by atoms with Gasteiger partial charge in [-0.25, -0.2) is 8.42 Å². The molecule has 0 N–H and O–H groups in total. The van der Waals surface area contributed by atoms with Crippen LogP contribution in [0.4, 0.5) is 5.69 Å². The van der Waals surface area contributed by atoms with Crippen LogP contribution in [0.15, 0.2) is 47.5 Å². The topological polar surface area (TPSA) is 49.7 Å². The van der Waals surface area contributed by atoms with E-state index in [1.54, 1.807) is 17.8 Å². The summed E-state index contributed by atoms with van der Waals surface area (Å²) in [6, 6.07) is 13.2. The van der Waals surface area contributed by atoms with Crippen molar-refractivity contribution >= 4 is 55.7 Å². The zero-order valence-electron chi connectivity index (χ0n) is 14.6. The first kappa shape index (κ1) is 19.1. The summed E-state index contributed by atoms with van der Waals surface area (Å²) in [5, 5.41) is 1.86. The van der Waals surface area contributed by atoms with Crippen molar-refractivity contribution in [2.24, 2.45) is 4.99 Å². The predicted molar refractivity (Wildman–Crippen MR) is 115 cm³/mol. The van der Waals surface area contributed by atoms with E-state index in [0.29, 0.717) is 10.0 Å². The maximum Gasteiger partial charge on any atom is 0.164 e. The Labute approximate surface area is 173 Å². The summed E-state index contributed by atoms with van der Waals surface area (Å²) in [6.07, 6.45) is 0. The number of amidine groups is 1. The summed E-state index contributed by atoms with van der Waals surface area (Å²) in [5.74, 6) is 0.953. The van der Waals surface area contributed by atoms with Crippen molar-refractivity contribution in [3.05, 3.63) is 63.6 Å². The molecule has 142 valence electrons. The second-order valence-electron chi connectivity index (χ2n) is 6.90. The smallest absolute Gasteiger partial charge is 0.164 e. The molecule has 0 aromatic heterocycles. The van der Waals surface area contributed by atoms with Crippen LogP contribution in [0.2, 0.25) is 10.0 Å². The summed E-state index contributed by atoms with van der Waals surface area (Å²) in [4.78, 5) is 6.73. The second kappa shape index (κ2) is 7.32. The van der Waals surface area contributed by atoms with Gasteiger partial charge in [0.05, 0.1) is 23.6 Å². The van der Waals surface area contributed by atoms with Crippen molar-refractivity contribution in [3.63, 3.8) is 0 Å². The van der Waals surface area contributed by atoms with Crippen molar-refractivity contribution in [1.29, 1.82) is 0 Å². The Hall–Kier alpha value is -1.21. The van der Waals surface area contributed by atoms with Crippen molar-refractivity contribution in [2.75, 3.05) is 16.4 Å². The van der Waals surface area contributed by atoms with E-state index in [4.69, 9.17) is 28.2 Å². The van der Waals surface area contributed by atoms with Crippen LogP contribution in [-0.4, -0.2) is 37.2 Å². The average Bonchev–Trinajstić information content (AvgIpc) is 3.03. The van der Waals surface area contributed by atoms with Gasteiger partial charge in [0, 0.05) is 21.5 Å². The van der Waals surface area contributed by atoms with E-state index >= 15 is 0 Å². The number of sulfone groups is 1. The Morgan fingerprint density at radius 1 is 1.15 bits per heavy atom. The number of fused-ring (bicyclic) bond motifs is 1. The molecule has 0 unspecified atom stereocenters. The van der Waals surface area contributed by atoms with E-state index < -0.39 is 9.84 Å². The number of benzene rings is 2. The fraction of sp³-hybridized carbons (Fsp3) is 0.316. The number of hydrogen-bond acceptors (Lipinski definition) is 5. The molecule has 8 heteroatoms. The molecule has 0 amide bonds. The molecule has 0 aliphatic carbocycles. The van der Waals surface area contributed by atoms with Gasteiger partial charge in [-0.2, -0.15) is 0 Å². The number of rotatable bonds is 3. The second-order valence-corrected chi connectivity index (χ2v) is 10.9. The van der Waals surface area contributed by atoms with Crippen LogP contribution < -0.4 is 4.90 Å². The normalized spacial score (nSPS) is 23.4. The van der Waals surface area contributed by atoms with Crippen molar-refractivity contribution < 1.29 is 8.42 Å². The lowest BCUT2D eigenvalue weighted by Gasteiger charge is -2.27. The molecule has 1 fully saturated rings. The molecular weight excluding hydrogens is 423 g/mol. The molecule has 27 heavy (non-hydrogen) atoms. The zero-order chi connectivity index (χ0) is 19.2. The average molecular weight is 441 g/mol. The first-order valence-corrected chi connectivity index (χ1v) is 12.1. The number of aliphatic imine (C=N–C) groups is 1. The summed E-state index contributed by atoms with van der Waals surface area (Å²) in [7, 11) is -3.09. The number of anilines is 1. The predicted octanol–water partition coefficient (Wildman–Crippen LogP) is 4.58. The Kier molecular flexibility index (Phi) is 5.18. The first-order valence-electron chi connectivity index (χ1n) is 8.53. The van der Waals surface area contributed by atoms with Crippen molar-refractivity contribution in [2.45, 2.75) is 24.8 Å². The Morgan fingerprint density at radius 3 is 2.59 bits per heavy atom. The van der Waals surface area contributed by atoms with E-state index in [1.807, 2.05) is 23.1 Å². The molecule has 2 aliphatic heterocycles. The van der Waals surface area contributed by atoms with E-state index in [-0.39, 0.29) is 23.6 Å². The summed E-state index contributed by atoms with van der Waals surface area (Å²) >= 11 is 14.0. The van der Waals surface area contributed by atoms with Gasteiger partial charge in [-0.3, -0.25) is 4.99 Å². The third-order valence-corrected chi connectivity index (χ3v) is 7.86. The van der Waals surface area contributed by atoms with Crippen molar-refractivity contribution in [1.82, 2.24) is 0 Å². The van der Waals surface area contributed by atoms with Gasteiger partial charge in [-0.15, -0.1) is 0 Å². The van der Waals surface area contributed by atoms with E-state index in [0.717, 1.165) is 16.6 Å². The first-order chi connectivity index (χ1) is 12.8. The molecule has 1 saturated heterocycles. The highest BCUT2D eigenvalue weighted by Crippen LogP contribution is 2.37. The minimum absolute atomic E-state index is 0.0942. The Bertz CT molecular complexity index is 1000. The number of aryl methyl sites for hydroxylation is 1. The molecule has 2 aromatic rings. The molecule has 0 bridgehead atoms. The van der Waals surface area contributed by atoms with Crippen LogP contribution in [-0.2, 0) is 15.6 Å². The van der Waals surface area contributed by atoms with Crippen LogP contribution in [0.1, 0.15) is 11.1 Å². The molecule has 2 atom stereocenters. The maximum absolute atomic E-state index is 12.1. The highest BCUT2D eigenvalue weighted by atomic mass is 35.5. The van der Waals surface area contributed by atoms with Gasteiger partial charge < -0.3 is 4.90 Å². The standard InChI is InChI=1S/C19H18Cl2N2O2S2/c1-12-3-2-4-13(5-12)9-26-19-22-17-10-27(24,25)11-18(17)23(19)16-7-14(20)6-15(21)8-16/h2-8,17-18H,9-11H2,1H3/t17-,18+/m1/s1. The fourth-order valence-electron chi connectivity index (χ4n) is 3.56. The van der Waals surface area contributed by atoms with Crippen LogP contribution in [0.25, 0.3) is 0 Å². The Morgan fingerprint density at radius 2 is 1.89 bits per heavy atom. The van der Waals surface area contributed by atoms with Crippen LogP contribution >= 0.6 is 35.0 Å². The molecule has 0 radical (unpaired) electrons. The fourth-order valence-corrected chi connectivity index (χ4v) is 6.99. The van der Waals surface area contributed by atoms with Crippen LogP contribution in [0.5, 0.6) is 0 Å². The third-order valence-electron chi connectivity index (χ3n) is 4.68. The molecule has 0 spiro atoms. The van der Waals surface area contributed by atoms with E-state index in [9.17, 15) is 8.42 Å². The highest BCUT2D eigenvalue weighted by Gasteiger charge is 2.47. The molecule has 2 heterocycles. The molecule has 2 aliphatic rings. The van der Waals surface area contributed by atoms with E-state index in [2.05, 4.69) is 25.1 Å². The lowest BCUT2D eigenvalue weighted by molar-refractivity contribution is 0.601. The third kappa shape index (κ3) is 4.14. The number of thioether (sulfide) groups is 1. The molecule has 4 nitrogen and oxygen atoms in total. The minimum atomic E-state index is -3.09. The van der Waals surface area contributed by atoms with Crippen LogP contribution in [0, 0.1) is 6.92 Å². The summed E-state index contributed by atoms with van der Waals surface area (Å²) in [6.45, 7) is 2.07.